The Morgan fingerprint density at radius 2 is 2.00 bits per heavy atom. The van der Waals surface area contributed by atoms with Gasteiger partial charge >= 0.3 is 0 Å². The zero-order valence-corrected chi connectivity index (χ0v) is 14.9. The van der Waals surface area contributed by atoms with Crippen LogP contribution in [0, 0.1) is 0 Å². The van der Waals surface area contributed by atoms with E-state index in [0.29, 0.717) is 6.61 Å². The van der Waals surface area contributed by atoms with Gasteiger partial charge in [0.15, 0.2) is 5.82 Å². The van der Waals surface area contributed by atoms with Crippen molar-refractivity contribution in [2.45, 2.75) is 25.4 Å². The molecule has 0 radical (unpaired) electrons. The maximum Gasteiger partial charge on any atom is 0.211 e. The van der Waals surface area contributed by atoms with Crippen LogP contribution in [0.15, 0.2) is 46.7 Å². The van der Waals surface area contributed by atoms with Crippen LogP contribution in [-0.2, 0) is 6.42 Å². The maximum absolute atomic E-state index is 5.79. The van der Waals surface area contributed by atoms with E-state index < -0.39 is 0 Å². The van der Waals surface area contributed by atoms with Crippen molar-refractivity contribution in [1.29, 1.82) is 0 Å². The second-order valence-electron chi connectivity index (χ2n) is 5.14. The molecule has 0 aliphatic rings. The highest BCUT2D eigenvalue weighted by molar-refractivity contribution is 7.98. The van der Waals surface area contributed by atoms with E-state index in [1.807, 2.05) is 44.5 Å². The van der Waals surface area contributed by atoms with Gasteiger partial charge in [-0.05, 0) is 30.0 Å². The van der Waals surface area contributed by atoms with Crippen molar-refractivity contribution < 1.29 is 4.74 Å². The molecular weight excluding hydrogens is 320 g/mol. The summed E-state index contributed by atoms with van der Waals surface area (Å²) in [7, 11) is 0. The molecule has 24 heavy (non-hydrogen) atoms. The molecule has 1 aromatic heterocycles. The zero-order chi connectivity index (χ0) is 16.9. The third kappa shape index (κ3) is 3.14. The molecule has 0 aliphatic carbocycles. The molecule has 0 amide bonds. The van der Waals surface area contributed by atoms with E-state index in [0.717, 1.165) is 39.5 Å². The lowest BCUT2D eigenvalue weighted by molar-refractivity contribution is 0.340. The molecule has 0 N–H and O–H groups in total. The Bertz CT molecular complexity index is 851. The summed E-state index contributed by atoms with van der Waals surface area (Å²) in [4.78, 5) is 0. The summed E-state index contributed by atoms with van der Waals surface area (Å²) in [5, 5.41) is 16.0. The Kier molecular flexibility index (Phi) is 5.15. The van der Waals surface area contributed by atoms with Crippen molar-refractivity contribution in [2.24, 2.45) is 5.10 Å². The number of aryl methyl sites for hydroxylation is 1. The van der Waals surface area contributed by atoms with Gasteiger partial charge in [0.1, 0.15) is 5.75 Å². The Morgan fingerprint density at radius 3 is 2.75 bits per heavy atom. The van der Waals surface area contributed by atoms with Gasteiger partial charge in [0.05, 0.1) is 12.8 Å². The molecule has 0 bridgehead atoms. The highest BCUT2D eigenvalue weighted by Crippen LogP contribution is 2.27. The number of hydrogen-bond donors (Lipinski definition) is 0. The molecule has 0 fully saturated rings. The van der Waals surface area contributed by atoms with E-state index in [9.17, 15) is 0 Å². The summed E-state index contributed by atoms with van der Waals surface area (Å²) in [6.45, 7) is 4.64. The fourth-order valence-electron chi connectivity index (χ4n) is 2.57. The van der Waals surface area contributed by atoms with Gasteiger partial charge in [-0.1, -0.05) is 49.0 Å². The fraction of sp³-hybridized carbons (Fsp3) is 0.278. The highest BCUT2D eigenvalue weighted by atomic mass is 32.2. The van der Waals surface area contributed by atoms with Gasteiger partial charge in [0.25, 0.3) is 0 Å². The molecule has 5 nitrogen and oxygen atoms in total. The van der Waals surface area contributed by atoms with E-state index in [1.165, 1.54) is 11.8 Å². The van der Waals surface area contributed by atoms with Crippen molar-refractivity contribution in [2.75, 3.05) is 12.9 Å². The highest BCUT2D eigenvalue weighted by Gasteiger charge is 2.10. The van der Waals surface area contributed by atoms with Gasteiger partial charge in [0.2, 0.25) is 5.16 Å². The summed E-state index contributed by atoms with van der Waals surface area (Å²) >= 11 is 1.53. The largest absolute Gasteiger partial charge is 0.493 e. The second kappa shape index (κ2) is 7.49. The van der Waals surface area contributed by atoms with E-state index in [-0.39, 0.29) is 0 Å². The third-order valence-corrected chi connectivity index (χ3v) is 4.33. The predicted molar refractivity (Wildman–Crippen MR) is 99.3 cm³/mol. The Labute approximate surface area is 145 Å². The van der Waals surface area contributed by atoms with Crippen LogP contribution in [0.1, 0.15) is 25.2 Å². The first kappa shape index (κ1) is 16.5. The molecule has 0 aliphatic heterocycles. The lowest BCUT2D eigenvalue weighted by atomic mass is 10.0. The number of ether oxygens (including phenoxy) is 1. The maximum atomic E-state index is 5.79. The molecule has 0 saturated heterocycles. The van der Waals surface area contributed by atoms with E-state index in [2.05, 4.69) is 33.5 Å². The number of hydrogen-bond acceptors (Lipinski definition) is 5. The zero-order valence-electron chi connectivity index (χ0n) is 14.1. The Hall–Kier alpha value is -2.34. The summed E-state index contributed by atoms with van der Waals surface area (Å²) in [6.07, 6.45) is 4.59. The minimum Gasteiger partial charge on any atom is -0.493 e. The molecular formula is C18H20N4OS. The fourth-order valence-corrected chi connectivity index (χ4v) is 3.01. The molecule has 3 rings (SSSR count). The second-order valence-corrected chi connectivity index (χ2v) is 5.92. The van der Waals surface area contributed by atoms with Gasteiger partial charge in [0, 0.05) is 12.0 Å². The lowest BCUT2D eigenvalue weighted by Gasteiger charge is -2.10. The van der Waals surface area contributed by atoms with Crippen molar-refractivity contribution in [3.63, 3.8) is 0 Å². The quantitative estimate of drug-likeness (QED) is 0.503. The molecule has 2 aromatic carbocycles. The first-order chi connectivity index (χ1) is 11.8. The summed E-state index contributed by atoms with van der Waals surface area (Å²) in [6, 6.07) is 12.3. The number of aromatic nitrogens is 3. The van der Waals surface area contributed by atoms with Crippen molar-refractivity contribution >= 4 is 28.7 Å². The topological polar surface area (TPSA) is 52.3 Å². The van der Waals surface area contributed by atoms with E-state index in [4.69, 9.17) is 4.74 Å². The van der Waals surface area contributed by atoms with Crippen molar-refractivity contribution in [1.82, 2.24) is 14.9 Å². The number of rotatable bonds is 6. The number of thioether (sulfide) groups is 1. The normalized spacial score (nSPS) is 11.5. The molecule has 1 heterocycles. The summed E-state index contributed by atoms with van der Waals surface area (Å²) in [5.74, 6) is 1.67. The number of benzene rings is 2. The number of fused-ring (bicyclic) bond motifs is 1. The first-order valence-electron chi connectivity index (χ1n) is 7.95. The molecule has 3 aromatic rings. The van der Waals surface area contributed by atoms with E-state index >= 15 is 0 Å². The Morgan fingerprint density at radius 1 is 1.17 bits per heavy atom. The molecule has 6 heteroatoms. The van der Waals surface area contributed by atoms with Crippen LogP contribution in [0.25, 0.3) is 10.8 Å². The smallest absolute Gasteiger partial charge is 0.211 e. The van der Waals surface area contributed by atoms with Gasteiger partial charge in [-0.2, -0.15) is 9.78 Å². The SMILES string of the molecule is CCOc1ccc2ccccc2c1/C=N\n1c(CC)nnc1SC. The molecule has 0 saturated carbocycles. The minimum atomic E-state index is 0.613. The molecule has 124 valence electrons. The van der Waals surface area contributed by atoms with Crippen LogP contribution in [-0.4, -0.2) is 34.0 Å². The van der Waals surface area contributed by atoms with Crippen molar-refractivity contribution in [3.05, 3.63) is 47.8 Å². The van der Waals surface area contributed by atoms with Crippen LogP contribution in [0.3, 0.4) is 0 Å². The average molecular weight is 340 g/mol. The average Bonchev–Trinajstić information content (AvgIpc) is 3.02. The van der Waals surface area contributed by atoms with Crippen LogP contribution >= 0.6 is 11.8 Å². The van der Waals surface area contributed by atoms with Gasteiger partial charge in [-0.3, -0.25) is 0 Å². The molecule has 0 unspecified atom stereocenters. The Balaban J connectivity index is 2.12. The standard InChI is InChI=1S/C18H20N4OS/c1-4-17-20-21-18(24-3)22(17)19-12-15-14-9-7-6-8-13(14)10-11-16(15)23-5-2/h6-12H,4-5H2,1-3H3/b19-12-. The molecule has 0 atom stereocenters. The van der Waals surface area contributed by atoms with Gasteiger partial charge < -0.3 is 4.74 Å². The third-order valence-electron chi connectivity index (χ3n) is 3.71. The van der Waals surface area contributed by atoms with Crippen LogP contribution < -0.4 is 4.74 Å². The molecule has 0 spiro atoms. The van der Waals surface area contributed by atoms with Crippen LogP contribution in [0.2, 0.25) is 0 Å². The number of nitrogens with zero attached hydrogens (tertiary/aromatic N) is 4. The summed E-state index contributed by atoms with van der Waals surface area (Å²) in [5.41, 5.74) is 0.970. The van der Waals surface area contributed by atoms with Crippen LogP contribution in [0.5, 0.6) is 5.75 Å². The van der Waals surface area contributed by atoms with Gasteiger partial charge in [-0.25, -0.2) is 0 Å². The summed E-state index contributed by atoms with van der Waals surface area (Å²) < 4.78 is 7.58. The van der Waals surface area contributed by atoms with E-state index in [1.54, 1.807) is 4.68 Å². The van der Waals surface area contributed by atoms with Gasteiger partial charge in [-0.15, -0.1) is 10.2 Å². The first-order valence-corrected chi connectivity index (χ1v) is 9.18. The predicted octanol–water partition coefficient (Wildman–Crippen LogP) is 4.00. The van der Waals surface area contributed by atoms with Crippen LogP contribution in [0.4, 0.5) is 0 Å². The monoisotopic (exact) mass is 340 g/mol. The van der Waals surface area contributed by atoms with Crippen molar-refractivity contribution in [3.8, 4) is 5.75 Å². The minimum absolute atomic E-state index is 0.613. The lowest BCUT2D eigenvalue weighted by Crippen LogP contribution is -2.01.